The normalized spacial score (nSPS) is 19.5. The Labute approximate surface area is 119 Å². The number of alkyl halides is 1. The Morgan fingerprint density at radius 3 is 2.83 bits per heavy atom. The van der Waals surface area contributed by atoms with Crippen LogP contribution in [0.4, 0.5) is 5.82 Å². The summed E-state index contributed by atoms with van der Waals surface area (Å²) in [6.07, 6.45) is 1.25. The monoisotopic (exact) mass is 284 g/mol. The molecular weight excluding hydrogens is 264 g/mol. The van der Waals surface area contributed by atoms with Gasteiger partial charge in [0.2, 0.25) is 0 Å². The maximum absolute atomic E-state index is 5.99. The molecular formula is C14H21ClN2S. The average Bonchev–Trinajstić information content (AvgIpc) is 2.91. The van der Waals surface area contributed by atoms with Crippen molar-refractivity contribution in [2.24, 2.45) is 0 Å². The third-order valence-electron chi connectivity index (χ3n) is 3.45. The fourth-order valence-electron chi connectivity index (χ4n) is 2.16. The Hall–Kier alpha value is -0.410. The van der Waals surface area contributed by atoms with Crippen LogP contribution in [0.15, 0.2) is 12.1 Å². The average molecular weight is 285 g/mol. The summed E-state index contributed by atoms with van der Waals surface area (Å²) in [5.41, 5.74) is 2.31. The summed E-state index contributed by atoms with van der Waals surface area (Å²) in [6.45, 7) is 4.35. The van der Waals surface area contributed by atoms with Crippen molar-refractivity contribution in [3.63, 3.8) is 0 Å². The fraction of sp³-hybridized carbons (Fsp3) is 0.643. The summed E-state index contributed by atoms with van der Waals surface area (Å²) < 4.78 is 0. The molecule has 2 nitrogen and oxygen atoms in total. The molecule has 0 amide bonds. The molecule has 1 aromatic heterocycles. The smallest absolute Gasteiger partial charge is 0.129 e. The molecule has 0 saturated carbocycles. The summed E-state index contributed by atoms with van der Waals surface area (Å²) in [5, 5.41) is 0. The summed E-state index contributed by atoms with van der Waals surface area (Å²) in [7, 11) is 2.15. The molecule has 1 saturated heterocycles. The minimum Gasteiger partial charge on any atom is -0.356 e. The second kappa shape index (κ2) is 6.16. The standard InChI is InChI=1S/C14H21ClN2S/c1-10(2)13-6-11(8-15)7-14(16-13)17(3)12-4-5-18-9-12/h6-7,10,12H,4-5,8-9H2,1-3H3. The zero-order chi connectivity index (χ0) is 13.1. The SMILES string of the molecule is CC(C)c1cc(CCl)cc(N(C)C2CCSC2)n1. The van der Waals surface area contributed by atoms with E-state index in [0.717, 1.165) is 11.5 Å². The Morgan fingerprint density at radius 2 is 2.28 bits per heavy atom. The van der Waals surface area contributed by atoms with Crippen molar-refractivity contribution >= 4 is 29.2 Å². The van der Waals surface area contributed by atoms with E-state index in [1.54, 1.807) is 0 Å². The van der Waals surface area contributed by atoms with Gasteiger partial charge in [0.05, 0.1) is 0 Å². The van der Waals surface area contributed by atoms with Crippen LogP contribution in [-0.4, -0.2) is 29.6 Å². The van der Waals surface area contributed by atoms with Crippen molar-refractivity contribution in [2.45, 2.75) is 38.1 Å². The van der Waals surface area contributed by atoms with E-state index in [9.17, 15) is 0 Å². The van der Waals surface area contributed by atoms with Gasteiger partial charge in [-0.25, -0.2) is 4.98 Å². The predicted molar refractivity (Wildman–Crippen MR) is 82.0 cm³/mol. The topological polar surface area (TPSA) is 16.1 Å². The van der Waals surface area contributed by atoms with E-state index >= 15 is 0 Å². The number of rotatable bonds is 4. The molecule has 0 aromatic carbocycles. The molecule has 1 fully saturated rings. The number of hydrogen-bond acceptors (Lipinski definition) is 3. The third kappa shape index (κ3) is 3.12. The van der Waals surface area contributed by atoms with E-state index in [-0.39, 0.29) is 0 Å². The molecule has 2 rings (SSSR count). The maximum Gasteiger partial charge on any atom is 0.129 e. The number of thioether (sulfide) groups is 1. The van der Waals surface area contributed by atoms with Gasteiger partial charge in [0.1, 0.15) is 5.82 Å². The highest BCUT2D eigenvalue weighted by molar-refractivity contribution is 7.99. The van der Waals surface area contributed by atoms with Crippen molar-refractivity contribution in [3.8, 4) is 0 Å². The van der Waals surface area contributed by atoms with Crippen LogP contribution in [0.1, 0.15) is 37.4 Å². The highest BCUT2D eigenvalue weighted by Crippen LogP contribution is 2.27. The molecule has 0 N–H and O–H groups in total. The molecule has 18 heavy (non-hydrogen) atoms. The van der Waals surface area contributed by atoms with Crippen LogP contribution in [-0.2, 0) is 5.88 Å². The van der Waals surface area contributed by atoms with Crippen LogP contribution in [0.2, 0.25) is 0 Å². The van der Waals surface area contributed by atoms with E-state index in [1.165, 1.54) is 23.5 Å². The van der Waals surface area contributed by atoms with E-state index in [4.69, 9.17) is 16.6 Å². The molecule has 4 heteroatoms. The zero-order valence-electron chi connectivity index (χ0n) is 11.3. The van der Waals surface area contributed by atoms with Crippen molar-refractivity contribution < 1.29 is 0 Å². The van der Waals surface area contributed by atoms with Gasteiger partial charge in [-0.05, 0) is 35.8 Å². The quantitative estimate of drug-likeness (QED) is 0.781. The first kappa shape index (κ1) is 14.0. The summed E-state index contributed by atoms with van der Waals surface area (Å²) in [4.78, 5) is 7.10. The lowest BCUT2D eigenvalue weighted by atomic mass is 10.1. The molecule has 1 atom stereocenters. The van der Waals surface area contributed by atoms with Crippen molar-refractivity contribution in [1.29, 1.82) is 0 Å². The summed E-state index contributed by atoms with van der Waals surface area (Å²) >= 11 is 8.02. The Bertz CT molecular complexity index is 403. The Kier molecular flexibility index (Phi) is 4.79. The third-order valence-corrected chi connectivity index (χ3v) is 4.91. The van der Waals surface area contributed by atoms with E-state index in [1.807, 2.05) is 11.8 Å². The molecule has 1 aliphatic heterocycles. The number of halogens is 1. The predicted octanol–water partition coefficient (Wildman–Crippen LogP) is 3.89. The first-order valence-electron chi connectivity index (χ1n) is 6.49. The highest BCUT2D eigenvalue weighted by atomic mass is 35.5. The number of nitrogens with zero attached hydrogens (tertiary/aromatic N) is 2. The van der Waals surface area contributed by atoms with Gasteiger partial charge < -0.3 is 4.90 Å². The van der Waals surface area contributed by atoms with Gasteiger partial charge in [0.25, 0.3) is 0 Å². The van der Waals surface area contributed by atoms with Gasteiger partial charge in [0, 0.05) is 30.4 Å². The minimum atomic E-state index is 0.443. The summed E-state index contributed by atoms with van der Waals surface area (Å²) in [5.74, 6) is 4.55. The van der Waals surface area contributed by atoms with Gasteiger partial charge in [-0.1, -0.05) is 13.8 Å². The Morgan fingerprint density at radius 1 is 1.50 bits per heavy atom. The maximum atomic E-state index is 5.99. The van der Waals surface area contributed by atoms with Crippen molar-refractivity contribution in [2.75, 3.05) is 23.5 Å². The van der Waals surface area contributed by atoms with E-state index in [2.05, 4.69) is 37.9 Å². The largest absolute Gasteiger partial charge is 0.356 e. The number of hydrogen-bond donors (Lipinski definition) is 0. The molecule has 1 unspecified atom stereocenters. The van der Waals surface area contributed by atoms with Crippen LogP contribution < -0.4 is 4.90 Å². The van der Waals surface area contributed by atoms with Crippen LogP contribution in [0.25, 0.3) is 0 Å². The first-order chi connectivity index (χ1) is 8.61. The van der Waals surface area contributed by atoms with Gasteiger partial charge in [-0.2, -0.15) is 11.8 Å². The molecule has 1 aromatic rings. The van der Waals surface area contributed by atoms with E-state index in [0.29, 0.717) is 17.8 Å². The lowest BCUT2D eigenvalue weighted by Gasteiger charge is -2.26. The zero-order valence-corrected chi connectivity index (χ0v) is 12.9. The van der Waals surface area contributed by atoms with Gasteiger partial charge in [0.15, 0.2) is 0 Å². The lowest BCUT2D eigenvalue weighted by Crippen LogP contribution is -2.32. The molecule has 0 aliphatic carbocycles. The minimum absolute atomic E-state index is 0.443. The lowest BCUT2D eigenvalue weighted by molar-refractivity contribution is 0.686. The van der Waals surface area contributed by atoms with Crippen LogP contribution in [0.3, 0.4) is 0 Å². The second-order valence-corrected chi connectivity index (χ2v) is 6.59. The van der Waals surface area contributed by atoms with Crippen LogP contribution in [0, 0.1) is 0 Å². The molecule has 100 valence electrons. The second-order valence-electron chi connectivity index (χ2n) is 5.18. The number of pyridine rings is 1. The molecule has 0 spiro atoms. The Balaban J connectivity index is 2.27. The van der Waals surface area contributed by atoms with Gasteiger partial charge in [-0.15, -0.1) is 11.6 Å². The number of aromatic nitrogens is 1. The molecule has 1 aliphatic rings. The van der Waals surface area contributed by atoms with Gasteiger partial charge >= 0.3 is 0 Å². The van der Waals surface area contributed by atoms with Gasteiger partial charge in [-0.3, -0.25) is 0 Å². The molecule has 0 bridgehead atoms. The fourth-order valence-corrected chi connectivity index (χ4v) is 3.58. The number of anilines is 1. The highest BCUT2D eigenvalue weighted by Gasteiger charge is 2.21. The summed E-state index contributed by atoms with van der Waals surface area (Å²) in [6, 6.07) is 4.87. The van der Waals surface area contributed by atoms with E-state index < -0.39 is 0 Å². The molecule has 2 heterocycles. The van der Waals surface area contributed by atoms with Crippen LogP contribution >= 0.6 is 23.4 Å². The van der Waals surface area contributed by atoms with Crippen molar-refractivity contribution in [3.05, 3.63) is 23.4 Å². The first-order valence-corrected chi connectivity index (χ1v) is 8.18. The van der Waals surface area contributed by atoms with Crippen molar-refractivity contribution in [1.82, 2.24) is 4.98 Å². The van der Waals surface area contributed by atoms with Crippen LogP contribution in [0.5, 0.6) is 0 Å². The molecule has 0 radical (unpaired) electrons.